The topological polar surface area (TPSA) is 67.4 Å². The zero-order chi connectivity index (χ0) is 15.1. The van der Waals surface area contributed by atoms with Gasteiger partial charge in [0.25, 0.3) is 5.91 Å². The van der Waals surface area contributed by atoms with E-state index in [4.69, 9.17) is 16.3 Å². The highest BCUT2D eigenvalue weighted by Crippen LogP contribution is 2.23. The van der Waals surface area contributed by atoms with Gasteiger partial charge in [0.2, 0.25) is 5.91 Å². The average Bonchev–Trinajstić information content (AvgIpc) is 2.41. The molecule has 1 rings (SSSR count). The van der Waals surface area contributed by atoms with Crippen LogP contribution in [0.25, 0.3) is 0 Å². The number of carbonyl (C=O) groups excluding carboxylic acids is 2. The number of amides is 2. The van der Waals surface area contributed by atoms with E-state index in [2.05, 4.69) is 26.6 Å². The van der Waals surface area contributed by atoms with E-state index in [1.165, 1.54) is 0 Å². The Morgan fingerprint density at radius 3 is 2.75 bits per heavy atom. The van der Waals surface area contributed by atoms with E-state index in [1.807, 2.05) is 0 Å². The molecule has 0 radical (unpaired) electrons. The van der Waals surface area contributed by atoms with Crippen molar-refractivity contribution < 1.29 is 14.3 Å². The first kappa shape index (κ1) is 16.9. The van der Waals surface area contributed by atoms with E-state index in [-0.39, 0.29) is 11.8 Å². The van der Waals surface area contributed by atoms with E-state index in [0.717, 1.165) is 0 Å². The molecule has 0 bridgehead atoms. The standard InChI is InChI=1S/C13H16BrClN2O3/c1-8(12(18)16-5-6-20-2)17-13(19)9-3-4-11(15)10(14)7-9/h3-4,7-8H,5-6H2,1-2H3,(H,16,18)(H,17,19). The van der Waals surface area contributed by atoms with E-state index >= 15 is 0 Å². The van der Waals surface area contributed by atoms with Gasteiger partial charge in [-0.15, -0.1) is 0 Å². The summed E-state index contributed by atoms with van der Waals surface area (Å²) in [7, 11) is 1.55. The SMILES string of the molecule is COCCNC(=O)C(C)NC(=O)c1ccc(Cl)c(Br)c1. The fourth-order valence-electron chi connectivity index (χ4n) is 1.41. The van der Waals surface area contributed by atoms with E-state index in [1.54, 1.807) is 32.2 Å². The maximum absolute atomic E-state index is 12.0. The molecular weight excluding hydrogens is 348 g/mol. The van der Waals surface area contributed by atoms with Crippen LogP contribution >= 0.6 is 27.5 Å². The third-order valence-corrected chi connectivity index (χ3v) is 3.74. The van der Waals surface area contributed by atoms with Crippen LogP contribution in [0.2, 0.25) is 5.02 Å². The Morgan fingerprint density at radius 1 is 1.45 bits per heavy atom. The Labute approximate surface area is 131 Å². The van der Waals surface area contributed by atoms with Gasteiger partial charge >= 0.3 is 0 Å². The quantitative estimate of drug-likeness (QED) is 0.760. The molecule has 1 atom stereocenters. The molecule has 0 aliphatic carbocycles. The summed E-state index contributed by atoms with van der Waals surface area (Å²) in [6, 6.07) is 4.18. The second-order valence-electron chi connectivity index (χ2n) is 4.11. The van der Waals surface area contributed by atoms with Gasteiger partial charge in [-0.3, -0.25) is 9.59 Å². The maximum atomic E-state index is 12.0. The fourth-order valence-corrected chi connectivity index (χ4v) is 1.91. The molecule has 0 aliphatic heterocycles. The largest absolute Gasteiger partial charge is 0.383 e. The highest BCUT2D eigenvalue weighted by Gasteiger charge is 2.16. The molecule has 7 heteroatoms. The Balaban J connectivity index is 2.56. The van der Waals surface area contributed by atoms with Gasteiger partial charge in [-0.1, -0.05) is 11.6 Å². The lowest BCUT2D eigenvalue weighted by atomic mass is 10.2. The Bertz CT molecular complexity index is 497. The van der Waals surface area contributed by atoms with Gasteiger partial charge in [-0.2, -0.15) is 0 Å². The summed E-state index contributed by atoms with van der Waals surface area (Å²) < 4.78 is 5.46. The van der Waals surface area contributed by atoms with Gasteiger partial charge in [0.15, 0.2) is 0 Å². The number of hydrogen-bond acceptors (Lipinski definition) is 3. The van der Waals surface area contributed by atoms with Crippen LogP contribution in [0, 0.1) is 0 Å². The second-order valence-corrected chi connectivity index (χ2v) is 5.37. The smallest absolute Gasteiger partial charge is 0.251 e. The molecule has 0 spiro atoms. The zero-order valence-corrected chi connectivity index (χ0v) is 13.5. The summed E-state index contributed by atoms with van der Waals surface area (Å²) in [4.78, 5) is 23.7. The van der Waals surface area contributed by atoms with Crippen LogP contribution in [0.1, 0.15) is 17.3 Å². The Kier molecular flexibility index (Phi) is 6.98. The van der Waals surface area contributed by atoms with Crippen LogP contribution in [-0.2, 0) is 9.53 Å². The summed E-state index contributed by atoms with van der Waals surface area (Å²) >= 11 is 9.10. The molecule has 2 N–H and O–H groups in total. The predicted octanol–water partition coefficient (Wildman–Crippen LogP) is 1.98. The molecule has 1 unspecified atom stereocenters. The van der Waals surface area contributed by atoms with Gasteiger partial charge in [0.05, 0.1) is 11.6 Å². The summed E-state index contributed by atoms with van der Waals surface area (Å²) in [6.07, 6.45) is 0. The van der Waals surface area contributed by atoms with E-state index in [9.17, 15) is 9.59 Å². The molecule has 0 heterocycles. The molecule has 110 valence electrons. The van der Waals surface area contributed by atoms with Gasteiger partial charge in [-0.05, 0) is 41.1 Å². The normalized spacial score (nSPS) is 11.8. The Morgan fingerprint density at radius 2 is 2.15 bits per heavy atom. The number of hydrogen-bond donors (Lipinski definition) is 2. The van der Waals surface area contributed by atoms with Gasteiger partial charge < -0.3 is 15.4 Å². The fraction of sp³-hybridized carbons (Fsp3) is 0.385. The van der Waals surface area contributed by atoms with Crippen molar-refractivity contribution in [1.29, 1.82) is 0 Å². The minimum atomic E-state index is -0.631. The van der Waals surface area contributed by atoms with Crippen LogP contribution < -0.4 is 10.6 Å². The lowest BCUT2D eigenvalue weighted by molar-refractivity contribution is -0.122. The average molecular weight is 364 g/mol. The first-order chi connectivity index (χ1) is 9.45. The van der Waals surface area contributed by atoms with Crippen molar-refractivity contribution in [2.75, 3.05) is 20.3 Å². The van der Waals surface area contributed by atoms with Gasteiger partial charge in [0.1, 0.15) is 6.04 Å². The third kappa shape index (κ3) is 5.11. The number of rotatable bonds is 6. The highest BCUT2D eigenvalue weighted by atomic mass is 79.9. The number of carbonyl (C=O) groups is 2. The predicted molar refractivity (Wildman–Crippen MR) is 81.0 cm³/mol. The molecule has 20 heavy (non-hydrogen) atoms. The molecule has 0 saturated heterocycles. The lowest BCUT2D eigenvalue weighted by Crippen LogP contribution is -2.45. The van der Waals surface area contributed by atoms with Crippen LogP contribution in [0.4, 0.5) is 0 Å². The summed E-state index contributed by atoms with van der Waals surface area (Å²) in [5.74, 6) is -0.597. The molecule has 2 amide bonds. The Hall–Kier alpha value is -1.11. The third-order valence-electron chi connectivity index (χ3n) is 2.53. The van der Waals surface area contributed by atoms with Crippen molar-refractivity contribution >= 4 is 39.3 Å². The molecular formula is C13H16BrClN2O3. The van der Waals surface area contributed by atoms with Gasteiger partial charge in [-0.25, -0.2) is 0 Å². The van der Waals surface area contributed by atoms with Crippen molar-refractivity contribution in [3.05, 3.63) is 33.3 Å². The van der Waals surface area contributed by atoms with E-state index in [0.29, 0.717) is 28.2 Å². The number of halogens is 2. The molecule has 0 fully saturated rings. The first-order valence-corrected chi connectivity index (χ1v) is 7.15. The van der Waals surface area contributed by atoms with E-state index < -0.39 is 6.04 Å². The second kappa shape index (κ2) is 8.24. The number of nitrogens with one attached hydrogen (secondary N) is 2. The van der Waals surface area contributed by atoms with Crippen LogP contribution in [0.3, 0.4) is 0 Å². The summed E-state index contributed by atoms with van der Waals surface area (Å²) in [5.41, 5.74) is 0.429. The molecule has 1 aromatic carbocycles. The van der Waals surface area contributed by atoms with Crippen molar-refractivity contribution in [2.45, 2.75) is 13.0 Å². The van der Waals surface area contributed by atoms with Gasteiger partial charge in [0, 0.05) is 23.7 Å². The number of ether oxygens (including phenoxy) is 1. The lowest BCUT2D eigenvalue weighted by Gasteiger charge is -2.14. The van der Waals surface area contributed by atoms with Crippen LogP contribution in [0.5, 0.6) is 0 Å². The van der Waals surface area contributed by atoms with Crippen molar-refractivity contribution in [3.63, 3.8) is 0 Å². The van der Waals surface area contributed by atoms with Crippen molar-refractivity contribution in [2.24, 2.45) is 0 Å². The molecule has 5 nitrogen and oxygen atoms in total. The molecule has 0 aliphatic rings. The molecule has 0 saturated carbocycles. The first-order valence-electron chi connectivity index (χ1n) is 5.98. The monoisotopic (exact) mass is 362 g/mol. The zero-order valence-electron chi connectivity index (χ0n) is 11.2. The number of benzene rings is 1. The minimum absolute atomic E-state index is 0.261. The molecule has 0 aromatic heterocycles. The maximum Gasteiger partial charge on any atom is 0.251 e. The highest BCUT2D eigenvalue weighted by molar-refractivity contribution is 9.10. The van der Waals surface area contributed by atoms with Crippen LogP contribution in [-0.4, -0.2) is 38.1 Å². The minimum Gasteiger partial charge on any atom is -0.383 e. The number of methoxy groups -OCH3 is 1. The summed E-state index contributed by atoms with van der Waals surface area (Å²) in [6.45, 7) is 2.45. The summed E-state index contributed by atoms with van der Waals surface area (Å²) in [5, 5.41) is 5.79. The molecule has 1 aromatic rings. The van der Waals surface area contributed by atoms with Crippen molar-refractivity contribution in [1.82, 2.24) is 10.6 Å². The van der Waals surface area contributed by atoms with Crippen molar-refractivity contribution in [3.8, 4) is 0 Å². The van der Waals surface area contributed by atoms with Crippen LogP contribution in [0.15, 0.2) is 22.7 Å².